The minimum atomic E-state index is -4.96. The number of hydrogen-bond acceptors (Lipinski definition) is 5. The van der Waals surface area contributed by atoms with Gasteiger partial charge in [0.15, 0.2) is 6.04 Å². The van der Waals surface area contributed by atoms with Crippen LogP contribution in [0.3, 0.4) is 0 Å². The fraction of sp³-hybridized carbons (Fsp3) is 0.889. The second kappa shape index (κ2) is 22.7. The molecule has 0 rings (SSSR count). The van der Waals surface area contributed by atoms with Gasteiger partial charge in [-0.2, -0.15) is 0 Å². The van der Waals surface area contributed by atoms with Gasteiger partial charge in [0.2, 0.25) is 11.8 Å². The van der Waals surface area contributed by atoms with E-state index in [0.717, 1.165) is 51.4 Å². The maximum Gasteiger partial charge on any atom is 0.469 e. The summed E-state index contributed by atoms with van der Waals surface area (Å²) in [5, 5.41) is 9.62. The monoisotopic (exact) mass is 549 g/mol. The van der Waals surface area contributed by atoms with E-state index in [-0.39, 0.29) is 12.8 Å². The second-order valence-corrected chi connectivity index (χ2v) is 11.2. The van der Waals surface area contributed by atoms with Crippen LogP contribution in [0.1, 0.15) is 142 Å². The van der Waals surface area contributed by atoms with Gasteiger partial charge in [-0.1, -0.05) is 117 Å². The number of carbonyl (C=O) groups is 3. The van der Waals surface area contributed by atoms with Crippen LogP contribution in [-0.2, 0) is 23.5 Å². The van der Waals surface area contributed by atoms with E-state index < -0.39 is 38.3 Å². The van der Waals surface area contributed by atoms with E-state index in [1.54, 1.807) is 0 Å². The molecule has 10 heteroatoms. The first-order valence-electron chi connectivity index (χ1n) is 14.4. The van der Waals surface area contributed by atoms with Gasteiger partial charge in [-0.05, 0) is 12.8 Å². The molecular formula is C27H52NO8P. The molecule has 0 radical (unpaired) electrons. The standard InChI is InChI=1S/C27H52NO8P/c1-3-5-7-9-11-13-15-17-19-21-25(29)28(24(27(31)32)23-36-37(33,34)35)26(30)22-20-18-16-14-12-10-8-6-4-2/h24H,3-23H2,1-2H3,(H,31,32)(H2,33,34,35)/t24-/m0/s1. The van der Waals surface area contributed by atoms with Crippen LogP contribution in [-0.4, -0.2) is 50.2 Å². The summed E-state index contributed by atoms with van der Waals surface area (Å²) in [6.07, 6.45) is 18.8. The third kappa shape index (κ3) is 20.4. The number of carboxylic acid groups (broad SMARTS) is 1. The first-order valence-corrected chi connectivity index (χ1v) is 15.9. The normalized spacial score (nSPS) is 12.4. The van der Waals surface area contributed by atoms with Crippen LogP contribution in [0.25, 0.3) is 0 Å². The molecule has 0 bridgehead atoms. The van der Waals surface area contributed by atoms with Crippen LogP contribution >= 0.6 is 7.82 Å². The predicted octanol–water partition coefficient (Wildman–Crippen LogP) is 6.75. The Kier molecular flexibility index (Phi) is 21.9. The molecule has 37 heavy (non-hydrogen) atoms. The maximum absolute atomic E-state index is 12.9. The summed E-state index contributed by atoms with van der Waals surface area (Å²) < 4.78 is 15.5. The fourth-order valence-corrected chi connectivity index (χ4v) is 4.66. The number of aliphatic carboxylic acids is 1. The van der Waals surface area contributed by atoms with Gasteiger partial charge >= 0.3 is 13.8 Å². The Morgan fingerprint density at radius 3 is 1.27 bits per heavy atom. The van der Waals surface area contributed by atoms with Crippen LogP contribution in [0.4, 0.5) is 0 Å². The number of amides is 2. The minimum Gasteiger partial charge on any atom is -0.480 e. The summed E-state index contributed by atoms with van der Waals surface area (Å²) in [6.45, 7) is 3.40. The van der Waals surface area contributed by atoms with Crippen molar-refractivity contribution in [1.29, 1.82) is 0 Å². The van der Waals surface area contributed by atoms with Gasteiger partial charge in [0, 0.05) is 12.8 Å². The molecule has 0 aliphatic carbocycles. The molecule has 3 N–H and O–H groups in total. The van der Waals surface area contributed by atoms with Gasteiger partial charge in [0.1, 0.15) is 0 Å². The van der Waals surface area contributed by atoms with Gasteiger partial charge in [-0.25, -0.2) is 9.36 Å². The van der Waals surface area contributed by atoms with Crippen molar-refractivity contribution in [3.8, 4) is 0 Å². The quantitative estimate of drug-likeness (QED) is 0.0839. The highest BCUT2D eigenvalue weighted by Gasteiger charge is 2.36. The van der Waals surface area contributed by atoms with Gasteiger partial charge in [0.25, 0.3) is 0 Å². The maximum atomic E-state index is 12.9. The van der Waals surface area contributed by atoms with Gasteiger partial charge in [-0.3, -0.25) is 19.0 Å². The summed E-state index contributed by atoms with van der Waals surface area (Å²) in [6, 6.07) is -1.77. The van der Waals surface area contributed by atoms with E-state index in [0.29, 0.717) is 17.7 Å². The van der Waals surface area contributed by atoms with E-state index in [4.69, 9.17) is 9.79 Å². The molecule has 0 aromatic carbocycles. The van der Waals surface area contributed by atoms with E-state index in [1.807, 2.05) is 0 Å². The molecule has 0 unspecified atom stereocenters. The molecule has 0 aliphatic rings. The zero-order chi connectivity index (χ0) is 27.9. The first kappa shape index (κ1) is 35.7. The summed E-state index contributed by atoms with van der Waals surface area (Å²) in [5.74, 6) is -2.80. The number of unbranched alkanes of at least 4 members (excludes halogenated alkanes) is 16. The highest BCUT2D eigenvalue weighted by Crippen LogP contribution is 2.36. The molecule has 0 fully saturated rings. The Hall–Kier alpha value is -1.28. The SMILES string of the molecule is CCCCCCCCCCCC(=O)N(C(=O)CCCCCCCCCCC)[C@@H](COP(=O)(O)O)C(=O)O. The van der Waals surface area contributed by atoms with Crippen molar-refractivity contribution in [1.82, 2.24) is 4.90 Å². The van der Waals surface area contributed by atoms with Gasteiger partial charge in [0.05, 0.1) is 6.61 Å². The van der Waals surface area contributed by atoms with Crippen LogP contribution in [0.2, 0.25) is 0 Å². The zero-order valence-electron chi connectivity index (χ0n) is 23.2. The first-order chi connectivity index (χ1) is 17.6. The van der Waals surface area contributed by atoms with E-state index in [2.05, 4.69) is 18.4 Å². The molecule has 0 aromatic heterocycles. The highest BCUT2D eigenvalue weighted by atomic mass is 31.2. The van der Waals surface area contributed by atoms with Crippen LogP contribution in [0.15, 0.2) is 0 Å². The number of hydrogen-bond donors (Lipinski definition) is 3. The molecule has 0 saturated heterocycles. The Morgan fingerprint density at radius 1 is 0.649 bits per heavy atom. The fourth-order valence-electron chi connectivity index (χ4n) is 4.33. The Bertz CT molecular complexity index is 633. The van der Waals surface area contributed by atoms with Crippen molar-refractivity contribution in [2.75, 3.05) is 6.61 Å². The third-order valence-electron chi connectivity index (χ3n) is 6.52. The second-order valence-electron chi connectivity index (χ2n) is 9.95. The predicted molar refractivity (Wildman–Crippen MR) is 145 cm³/mol. The lowest BCUT2D eigenvalue weighted by Gasteiger charge is -2.27. The molecule has 0 heterocycles. The van der Waals surface area contributed by atoms with Crippen molar-refractivity contribution in [2.24, 2.45) is 0 Å². The molecule has 1 atom stereocenters. The number of carbonyl (C=O) groups excluding carboxylic acids is 2. The third-order valence-corrected chi connectivity index (χ3v) is 7.01. The smallest absolute Gasteiger partial charge is 0.469 e. The molecule has 2 amide bonds. The van der Waals surface area contributed by atoms with E-state index >= 15 is 0 Å². The number of phosphoric ester groups is 1. The van der Waals surface area contributed by atoms with Crippen molar-refractivity contribution >= 4 is 25.6 Å². The highest BCUT2D eigenvalue weighted by molar-refractivity contribution is 7.46. The lowest BCUT2D eigenvalue weighted by atomic mass is 10.0. The lowest BCUT2D eigenvalue weighted by molar-refractivity contribution is -0.159. The molecule has 0 spiro atoms. The molecule has 0 aromatic rings. The number of phosphoric acid groups is 1. The lowest BCUT2D eigenvalue weighted by Crippen LogP contribution is -2.50. The molecule has 0 aliphatic heterocycles. The van der Waals surface area contributed by atoms with E-state index in [1.165, 1.54) is 51.4 Å². The van der Waals surface area contributed by atoms with Crippen molar-refractivity contribution in [2.45, 2.75) is 148 Å². The van der Waals surface area contributed by atoms with Gasteiger partial charge < -0.3 is 14.9 Å². The van der Waals surface area contributed by atoms with Crippen LogP contribution in [0, 0.1) is 0 Å². The summed E-state index contributed by atoms with van der Waals surface area (Å²) >= 11 is 0. The van der Waals surface area contributed by atoms with Gasteiger partial charge in [-0.15, -0.1) is 0 Å². The average Bonchev–Trinajstić information content (AvgIpc) is 2.83. The van der Waals surface area contributed by atoms with Crippen molar-refractivity contribution < 1.29 is 38.4 Å². The van der Waals surface area contributed by atoms with Crippen LogP contribution < -0.4 is 0 Å². The summed E-state index contributed by atoms with van der Waals surface area (Å²) in [7, 11) is -4.96. The largest absolute Gasteiger partial charge is 0.480 e. The number of carboxylic acids is 1. The summed E-state index contributed by atoms with van der Waals surface area (Å²) in [4.78, 5) is 56.3. The van der Waals surface area contributed by atoms with Crippen molar-refractivity contribution in [3.05, 3.63) is 0 Å². The summed E-state index contributed by atoms with van der Waals surface area (Å²) in [5.41, 5.74) is 0. The number of rotatable bonds is 25. The average molecular weight is 550 g/mol. The Labute approximate surface area is 224 Å². The topological polar surface area (TPSA) is 141 Å². The molecular weight excluding hydrogens is 497 g/mol. The van der Waals surface area contributed by atoms with Crippen molar-refractivity contribution in [3.63, 3.8) is 0 Å². The zero-order valence-corrected chi connectivity index (χ0v) is 24.1. The number of nitrogens with zero attached hydrogens (tertiary/aromatic N) is 1. The minimum absolute atomic E-state index is 0.0129. The number of imide groups is 1. The molecule has 9 nitrogen and oxygen atoms in total. The molecule has 0 saturated carbocycles. The Morgan fingerprint density at radius 2 is 0.973 bits per heavy atom. The van der Waals surface area contributed by atoms with E-state index in [9.17, 15) is 24.1 Å². The molecule has 218 valence electrons. The van der Waals surface area contributed by atoms with Crippen LogP contribution in [0.5, 0.6) is 0 Å². The Balaban J connectivity index is 4.77.